The molecular formula is C53H36N2P2S2. The van der Waals surface area contributed by atoms with E-state index in [9.17, 15) is 0 Å². The van der Waals surface area contributed by atoms with Gasteiger partial charge in [-0.2, -0.15) is 0 Å². The SMILES string of the molecule is S=P(c1ccccc1)(c1ccccc1)c1ccc2cc(-c3ccc4c5ccccc5c5nc6ccc(P(=S)(c7ccccc7)c7ccccc7)cc6n5c4c3)ccc2c1. The fraction of sp³-hybridized carbons (Fsp3) is 0. The van der Waals surface area contributed by atoms with Crippen LogP contribution in [-0.4, -0.2) is 9.38 Å². The van der Waals surface area contributed by atoms with E-state index in [-0.39, 0.29) is 0 Å². The Bertz CT molecular complexity index is 3410. The van der Waals surface area contributed by atoms with Gasteiger partial charge in [-0.1, -0.05) is 212 Å². The standard InChI is InChI=1S/C53H36N2P2S2/c58-56(41-15-5-1-6-16-41,42-17-7-2-8-18-42)45-29-27-38-33-37(25-26-39(38)34-45)40-28-31-48-47-23-13-14-24-49(47)53-54-50-32-30-46(36-52(50)55(53)51(48)35-40)57(59,43-19-9-3-10-20-43)44-21-11-4-12-22-44/h1-36H. The predicted molar refractivity (Wildman–Crippen MR) is 263 cm³/mol. The van der Waals surface area contributed by atoms with Crippen LogP contribution < -0.4 is 31.8 Å². The first-order valence-corrected chi connectivity index (χ1v) is 25.4. The molecule has 0 saturated carbocycles. The molecule has 2 nitrogen and oxygen atoms in total. The van der Waals surface area contributed by atoms with Crippen LogP contribution in [0.2, 0.25) is 0 Å². The zero-order valence-electron chi connectivity index (χ0n) is 31.9. The van der Waals surface area contributed by atoms with Crippen LogP contribution in [0.5, 0.6) is 0 Å². The minimum Gasteiger partial charge on any atom is -0.292 e. The third-order valence-corrected chi connectivity index (χ3v) is 21.6. The molecule has 2 aromatic heterocycles. The average molecular weight is 827 g/mol. The first-order valence-electron chi connectivity index (χ1n) is 19.7. The Morgan fingerprint density at radius 2 is 0.797 bits per heavy atom. The Morgan fingerprint density at radius 1 is 0.339 bits per heavy atom. The summed E-state index contributed by atoms with van der Waals surface area (Å²) in [7, 11) is 0. The summed E-state index contributed by atoms with van der Waals surface area (Å²) < 4.78 is 2.36. The van der Waals surface area contributed by atoms with Crippen molar-refractivity contribution in [1.29, 1.82) is 0 Å². The maximum atomic E-state index is 6.81. The van der Waals surface area contributed by atoms with Crippen molar-refractivity contribution in [1.82, 2.24) is 9.38 Å². The fourth-order valence-electron chi connectivity index (χ4n) is 8.78. The zero-order valence-corrected chi connectivity index (χ0v) is 35.3. The lowest BCUT2D eigenvalue weighted by Crippen LogP contribution is -2.24. The molecule has 0 spiro atoms. The number of nitrogens with zero attached hydrogens (tertiary/aromatic N) is 2. The molecule has 0 amide bonds. The van der Waals surface area contributed by atoms with Gasteiger partial charge in [-0.3, -0.25) is 4.40 Å². The molecule has 0 N–H and O–H groups in total. The Hall–Kier alpha value is -5.99. The lowest BCUT2D eigenvalue weighted by Gasteiger charge is -2.24. The quantitative estimate of drug-likeness (QED) is 0.118. The number of hydrogen-bond acceptors (Lipinski definition) is 3. The average Bonchev–Trinajstić information content (AvgIpc) is 3.71. The first kappa shape index (κ1) is 36.1. The molecule has 0 aliphatic rings. The number of imidazole rings is 1. The number of fused-ring (bicyclic) bond motifs is 9. The van der Waals surface area contributed by atoms with E-state index < -0.39 is 12.1 Å². The Labute approximate surface area is 353 Å². The molecule has 0 aliphatic heterocycles. The summed E-state index contributed by atoms with van der Waals surface area (Å²) in [5.41, 5.74) is 6.38. The third-order valence-electron chi connectivity index (χ3n) is 11.7. The van der Waals surface area contributed by atoms with Gasteiger partial charge in [-0.15, -0.1) is 0 Å². The highest BCUT2D eigenvalue weighted by Gasteiger charge is 2.27. The summed E-state index contributed by atoms with van der Waals surface area (Å²) in [5.74, 6) is 0. The smallest absolute Gasteiger partial charge is 0.146 e. The van der Waals surface area contributed by atoms with Gasteiger partial charge in [0, 0.05) is 22.8 Å². The first-order chi connectivity index (χ1) is 29.0. The number of hydrogen-bond donors (Lipinski definition) is 0. The second-order valence-electron chi connectivity index (χ2n) is 15.0. The van der Waals surface area contributed by atoms with Crippen LogP contribution in [0.3, 0.4) is 0 Å². The van der Waals surface area contributed by atoms with E-state index in [0.717, 1.165) is 44.0 Å². The van der Waals surface area contributed by atoms with Crippen molar-refractivity contribution >= 4 is 117 Å². The van der Waals surface area contributed by atoms with E-state index in [2.05, 4.69) is 223 Å². The lowest BCUT2D eigenvalue weighted by atomic mass is 9.98. The molecule has 0 saturated heterocycles. The summed E-state index contributed by atoms with van der Waals surface area (Å²) in [6, 6.07) is 73.7. The molecule has 6 heteroatoms. The largest absolute Gasteiger partial charge is 0.292 e. The Balaban J connectivity index is 1.09. The van der Waals surface area contributed by atoms with Gasteiger partial charge in [0.2, 0.25) is 0 Å². The molecule has 59 heavy (non-hydrogen) atoms. The van der Waals surface area contributed by atoms with Gasteiger partial charge in [0.1, 0.15) is 5.65 Å². The molecule has 0 bridgehead atoms. The number of aromatic nitrogens is 2. The lowest BCUT2D eigenvalue weighted by molar-refractivity contribution is 1.32. The maximum absolute atomic E-state index is 6.81. The molecule has 2 heterocycles. The maximum Gasteiger partial charge on any atom is 0.146 e. The highest BCUT2D eigenvalue weighted by Crippen LogP contribution is 2.45. The van der Waals surface area contributed by atoms with Crippen LogP contribution in [0, 0.1) is 0 Å². The van der Waals surface area contributed by atoms with Gasteiger partial charge < -0.3 is 0 Å². The normalized spacial score (nSPS) is 12.2. The monoisotopic (exact) mass is 826 g/mol. The van der Waals surface area contributed by atoms with Crippen molar-refractivity contribution < 1.29 is 0 Å². The highest BCUT2D eigenvalue weighted by molar-refractivity contribution is 8.26. The zero-order chi connectivity index (χ0) is 39.6. The van der Waals surface area contributed by atoms with Gasteiger partial charge in [-0.25, -0.2) is 4.98 Å². The van der Waals surface area contributed by atoms with Crippen LogP contribution in [0.4, 0.5) is 0 Å². The van der Waals surface area contributed by atoms with Crippen LogP contribution in [0.1, 0.15) is 0 Å². The van der Waals surface area contributed by atoms with Crippen LogP contribution in [0.15, 0.2) is 218 Å². The van der Waals surface area contributed by atoms with Gasteiger partial charge in [0.05, 0.1) is 16.6 Å². The fourth-order valence-corrected chi connectivity index (χ4v) is 16.3. The summed E-state index contributed by atoms with van der Waals surface area (Å²) in [6.07, 6.45) is 0. The van der Waals surface area contributed by atoms with Crippen LogP contribution in [0.25, 0.3) is 60.3 Å². The van der Waals surface area contributed by atoms with E-state index in [1.165, 1.54) is 48.1 Å². The molecule has 11 aromatic rings. The number of pyridine rings is 1. The van der Waals surface area contributed by atoms with E-state index in [1.54, 1.807) is 0 Å². The van der Waals surface area contributed by atoms with Gasteiger partial charge >= 0.3 is 0 Å². The third kappa shape index (κ3) is 5.86. The highest BCUT2D eigenvalue weighted by atomic mass is 32.4. The van der Waals surface area contributed by atoms with E-state index >= 15 is 0 Å². The Kier molecular flexibility index (Phi) is 8.80. The van der Waals surface area contributed by atoms with Crippen molar-refractivity contribution in [3.63, 3.8) is 0 Å². The summed E-state index contributed by atoms with van der Waals surface area (Å²) in [4.78, 5) is 5.31. The molecule has 280 valence electrons. The molecule has 0 radical (unpaired) electrons. The minimum atomic E-state index is -2.39. The van der Waals surface area contributed by atoms with Crippen molar-refractivity contribution in [2.75, 3.05) is 0 Å². The number of rotatable bonds is 7. The molecule has 9 aromatic carbocycles. The molecule has 0 atom stereocenters. The summed E-state index contributed by atoms with van der Waals surface area (Å²) in [5, 5.41) is 13.0. The second kappa shape index (κ2) is 14.4. The number of benzene rings is 9. The van der Waals surface area contributed by atoms with E-state index in [4.69, 9.17) is 28.6 Å². The topological polar surface area (TPSA) is 17.3 Å². The van der Waals surface area contributed by atoms with Gasteiger partial charge in [0.25, 0.3) is 0 Å². The van der Waals surface area contributed by atoms with Crippen LogP contribution >= 0.6 is 12.1 Å². The summed E-state index contributed by atoms with van der Waals surface area (Å²) in [6.45, 7) is 0. The molecule has 11 rings (SSSR count). The summed E-state index contributed by atoms with van der Waals surface area (Å²) >= 11 is 13.5. The Morgan fingerprint density at radius 3 is 1.39 bits per heavy atom. The second-order valence-corrected chi connectivity index (χ2v) is 23.9. The predicted octanol–water partition coefficient (Wildman–Crippen LogP) is 11.1. The minimum absolute atomic E-state index is 0.948. The van der Waals surface area contributed by atoms with Crippen LogP contribution in [-0.2, 0) is 23.6 Å². The van der Waals surface area contributed by atoms with Gasteiger partial charge in [-0.05, 0) is 89.4 Å². The van der Waals surface area contributed by atoms with E-state index in [1.807, 2.05) is 0 Å². The molecular weight excluding hydrogens is 791 g/mol. The van der Waals surface area contributed by atoms with Crippen molar-refractivity contribution in [2.24, 2.45) is 0 Å². The molecule has 0 aliphatic carbocycles. The van der Waals surface area contributed by atoms with Crippen molar-refractivity contribution in [3.05, 3.63) is 218 Å². The molecule has 0 fully saturated rings. The van der Waals surface area contributed by atoms with Crippen molar-refractivity contribution in [2.45, 2.75) is 0 Å². The van der Waals surface area contributed by atoms with Gasteiger partial charge in [0.15, 0.2) is 0 Å². The van der Waals surface area contributed by atoms with E-state index in [0.29, 0.717) is 0 Å². The van der Waals surface area contributed by atoms with Crippen molar-refractivity contribution in [3.8, 4) is 11.1 Å². The molecule has 0 unspecified atom stereocenters.